The summed E-state index contributed by atoms with van der Waals surface area (Å²) < 4.78 is 17.1. The number of carbonyl (C=O) groups is 3. The van der Waals surface area contributed by atoms with Gasteiger partial charge in [-0.2, -0.15) is 0 Å². The van der Waals surface area contributed by atoms with Gasteiger partial charge in [0.2, 0.25) is 5.91 Å². The van der Waals surface area contributed by atoms with Gasteiger partial charge < -0.3 is 39.8 Å². The standard InChI is InChI=1S/C30H40N4O7/c1-19-16-34(20(2)18-35)29(37)24-6-5-7-25(32-28(36)21-12-14-40-15-13-21)27(24)41-26(19)17-33(3)30(38)31-22-8-10-23(39-4)11-9-22/h5-11,19-21,26,35H,12-18H2,1-4H3,(H,31,38)(H,32,36)/t19-,20+,26+/m0/s1. The third kappa shape index (κ3) is 7.28. The van der Waals surface area contributed by atoms with Crippen LogP contribution in [0.25, 0.3) is 0 Å². The lowest BCUT2D eigenvalue weighted by atomic mass is 9.98. The molecule has 0 aromatic heterocycles. The number of methoxy groups -OCH3 is 1. The summed E-state index contributed by atoms with van der Waals surface area (Å²) in [6.07, 6.45) is 0.717. The fraction of sp³-hybridized carbons (Fsp3) is 0.500. The van der Waals surface area contributed by atoms with E-state index in [-0.39, 0.29) is 54.1 Å². The molecule has 4 amide bonds. The van der Waals surface area contributed by atoms with Gasteiger partial charge in [0.25, 0.3) is 5.91 Å². The van der Waals surface area contributed by atoms with E-state index in [1.54, 1.807) is 68.4 Å². The van der Waals surface area contributed by atoms with Gasteiger partial charge in [-0.1, -0.05) is 13.0 Å². The Kier molecular flexibility index (Phi) is 10.1. The third-order valence-electron chi connectivity index (χ3n) is 7.68. The van der Waals surface area contributed by atoms with Gasteiger partial charge in [-0.05, 0) is 56.2 Å². The van der Waals surface area contributed by atoms with Crippen LogP contribution in [0.3, 0.4) is 0 Å². The number of nitrogens with zero attached hydrogens (tertiary/aromatic N) is 2. The average Bonchev–Trinajstić information content (AvgIpc) is 2.99. The molecule has 2 aliphatic rings. The first-order valence-electron chi connectivity index (χ1n) is 14.0. The number of aliphatic hydroxyl groups excluding tert-OH is 1. The zero-order valence-corrected chi connectivity index (χ0v) is 24.1. The monoisotopic (exact) mass is 568 g/mol. The zero-order valence-electron chi connectivity index (χ0n) is 24.1. The minimum atomic E-state index is -0.525. The van der Waals surface area contributed by atoms with E-state index in [1.807, 2.05) is 6.92 Å². The van der Waals surface area contributed by atoms with Crippen LogP contribution in [0.4, 0.5) is 16.2 Å². The lowest BCUT2D eigenvalue weighted by Gasteiger charge is -2.38. The number of hydrogen-bond acceptors (Lipinski definition) is 7. The van der Waals surface area contributed by atoms with Gasteiger partial charge in [0, 0.05) is 44.3 Å². The van der Waals surface area contributed by atoms with Gasteiger partial charge in [-0.3, -0.25) is 9.59 Å². The predicted octanol–water partition coefficient (Wildman–Crippen LogP) is 3.44. The van der Waals surface area contributed by atoms with Crippen LogP contribution in [0.5, 0.6) is 11.5 Å². The van der Waals surface area contributed by atoms with Gasteiger partial charge in [0.1, 0.15) is 11.9 Å². The van der Waals surface area contributed by atoms with E-state index in [0.717, 1.165) is 0 Å². The molecule has 11 nitrogen and oxygen atoms in total. The largest absolute Gasteiger partial charge is 0.497 e. The summed E-state index contributed by atoms with van der Waals surface area (Å²) in [5.41, 5.74) is 1.30. The number of urea groups is 1. The quantitative estimate of drug-likeness (QED) is 0.445. The number of likely N-dealkylation sites (N-methyl/N-ethyl adjacent to an activating group) is 1. The molecule has 41 heavy (non-hydrogen) atoms. The number of fused-ring (bicyclic) bond motifs is 1. The van der Waals surface area contributed by atoms with Gasteiger partial charge in [0.05, 0.1) is 37.6 Å². The molecule has 0 bridgehead atoms. The second-order valence-electron chi connectivity index (χ2n) is 10.7. The minimum Gasteiger partial charge on any atom is -0.497 e. The van der Waals surface area contributed by atoms with Crippen molar-refractivity contribution in [3.63, 3.8) is 0 Å². The number of anilines is 2. The van der Waals surface area contributed by atoms with Crippen molar-refractivity contribution in [1.29, 1.82) is 0 Å². The Morgan fingerprint density at radius 1 is 1.15 bits per heavy atom. The van der Waals surface area contributed by atoms with Crippen LogP contribution in [-0.4, -0.2) is 92.0 Å². The highest BCUT2D eigenvalue weighted by Crippen LogP contribution is 2.35. The number of ether oxygens (including phenoxy) is 3. The first-order valence-corrected chi connectivity index (χ1v) is 14.0. The van der Waals surface area contributed by atoms with Crippen molar-refractivity contribution in [2.75, 3.05) is 57.7 Å². The maximum absolute atomic E-state index is 13.7. The first kappa shape index (κ1) is 30.1. The fourth-order valence-electron chi connectivity index (χ4n) is 5.00. The van der Waals surface area contributed by atoms with E-state index in [4.69, 9.17) is 14.2 Å². The Hall–Kier alpha value is -3.83. The van der Waals surface area contributed by atoms with Crippen molar-refractivity contribution in [2.45, 2.75) is 38.8 Å². The first-order chi connectivity index (χ1) is 19.7. The van der Waals surface area contributed by atoms with Crippen LogP contribution < -0.4 is 20.1 Å². The lowest BCUT2D eigenvalue weighted by Crippen LogP contribution is -2.50. The molecule has 1 fully saturated rings. The summed E-state index contributed by atoms with van der Waals surface area (Å²) in [4.78, 5) is 43.0. The summed E-state index contributed by atoms with van der Waals surface area (Å²) in [6, 6.07) is 11.3. The molecule has 1 saturated heterocycles. The molecular formula is C30H40N4O7. The number of amides is 4. The number of carbonyl (C=O) groups excluding carboxylic acids is 3. The van der Waals surface area contributed by atoms with Gasteiger partial charge in [-0.15, -0.1) is 0 Å². The Morgan fingerprint density at radius 3 is 2.51 bits per heavy atom. The number of benzene rings is 2. The highest BCUT2D eigenvalue weighted by Gasteiger charge is 2.35. The van der Waals surface area contributed by atoms with E-state index in [0.29, 0.717) is 49.7 Å². The molecule has 3 atom stereocenters. The van der Waals surface area contributed by atoms with Gasteiger partial charge >= 0.3 is 6.03 Å². The molecule has 0 radical (unpaired) electrons. The Labute approximate surface area is 240 Å². The Morgan fingerprint density at radius 2 is 1.85 bits per heavy atom. The second-order valence-corrected chi connectivity index (χ2v) is 10.7. The maximum Gasteiger partial charge on any atom is 0.321 e. The summed E-state index contributed by atoms with van der Waals surface area (Å²) in [7, 11) is 3.25. The number of aliphatic hydroxyl groups is 1. The number of nitrogens with one attached hydrogen (secondary N) is 2. The summed E-state index contributed by atoms with van der Waals surface area (Å²) in [5.74, 6) is 0.0886. The van der Waals surface area contributed by atoms with Crippen LogP contribution in [-0.2, 0) is 9.53 Å². The van der Waals surface area contributed by atoms with Crippen LogP contribution in [0.2, 0.25) is 0 Å². The van der Waals surface area contributed by atoms with Crippen molar-refractivity contribution < 1.29 is 33.7 Å². The van der Waals surface area contributed by atoms with Crippen LogP contribution >= 0.6 is 0 Å². The molecule has 2 aromatic rings. The van der Waals surface area contributed by atoms with Crippen LogP contribution in [0.1, 0.15) is 37.0 Å². The Balaban J connectivity index is 1.60. The smallest absolute Gasteiger partial charge is 0.321 e. The predicted molar refractivity (Wildman–Crippen MR) is 154 cm³/mol. The molecule has 2 aliphatic heterocycles. The van der Waals surface area contributed by atoms with Crippen molar-refractivity contribution >= 4 is 29.2 Å². The molecule has 2 heterocycles. The highest BCUT2D eigenvalue weighted by atomic mass is 16.5. The summed E-state index contributed by atoms with van der Waals surface area (Å²) >= 11 is 0. The maximum atomic E-state index is 13.7. The molecular weight excluding hydrogens is 528 g/mol. The summed E-state index contributed by atoms with van der Waals surface area (Å²) in [6.45, 7) is 5.10. The summed E-state index contributed by atoms with van der Waals surface area (Å²) in [5, 5.41) is 15.8. The normalized spacial score (nSPS) is 20.1. The van der Waals surface area contributed by atoms with E-state index in [2.05, 4.69) is 10.6 Å². The van der Waals surface area contributed by atoms with E-state index < -0.39 is 12.1 Å². The number of hydrogen-bond donors (Lipinski definition) is 3. The topological polar surface area (TPSA) is 130 Å². The van der Waals surface area contributed by atoms with Gasteiger partial charge in [-0.25, -0.2) is 4.79 Å². The lowest BCUT2D eigenvalue weighted by molar-refractivity contribution is -0.122. The minimum absolute atomic E-state index is 0.152. The van der Waals surface area contributed by atoms with Crippen LogP contribution in [0, 0.1) is 11.8 Å². The molecule has 3 N–H and O–H groups in total. The number of rotatable bonds is 8. The Bertz CT molecular complexity index is 1220. The molecule has 4 rings (SSSR count). The second kappa shape index (κ2) is 13.7. The van der Waals surface area contributed by atoms with Crippen molar-refractivity contribution in [1.82, 2.24) is 9.80 Å². The van der Waals surface area contributed by atoms with Crippen molar-refractivity contribution in [3.05, 3.63) is 48.0 Å². The van der Waals surface area contributed by atoms with E-state index in [9.17, 15) is 19.5 Å². The zero-order chi connectivity index (χ0) is 29.5. The average molecular weight is 569 g/mol. The van der Waals surface area contributed by atoms with E-state index >= 15 is 0 Å². The molecule has 2 aromatic carbocycles. The molecule has 0 aliphatic carbocycles. The fourth-order valence-corrected chi connectivity index (χ4v) is 5.00. The molecule has 11 heteroatoms. The molecule has 0 spiro atoms. The van der Waals surface area contributed by atoms with E-state index in [1.165, 1.54) is 4.90 Å². The highest BCUT2D eigenvalue weighted by molar-refractivity contribution is 6.02. The molecule has 0 saturated carbocycles. The van der Waals surface area contributed by atoms with Crippen LogP contribution in [0.15, 0.2) is 42.5 Å². The van der Waals surface area contributed by atoms with Crippen molar-refractivity contribution in [2.24, 2.45) is 11.8 Å². The number of para-hydroxylation sites is 1. The van der Waals surface area contributed by atoms with Crippen molar-refractivity contribution in [3.8, 4) is 11.5 Å². The molecule has 0 unspecified atom stereocenters. The SMILES string of the molecule is COc1ccc(NC(=O)N(C)C[C@H]2Oc3c(NC(=O)C4CCOCC4)cccc3C(=O)N([C@H](C)CO)C[C@@H]2C)cc1. The molecule has 222 valence electrons. The third-order valence-corrected chi connectivity index (χ3v) is 7.68. The van der Waals surface area contributed by atoms with Gasteiger partial charge in [0.15, 0.2) is 5.75 Å².